The van der Waals surface area contributed by atoms with Crippen LogP contribution in [0.15, 0.2) is 46.8 Å². The lowest BCUT2D eigenvalue weighted by Gasteiger charge is -2.06. The van der Waals surface area contributed by atoms with Crippen LogP contribution in [0.3, 0.4) is 0 Å². The molecule has 0 saturated heterocycles. The fraction of sp³-hybridized carbons (Fsp3) is 0.158. The smallest absolute Gasteiger partial charge is 0.270 e. The topological polar surface area (TPSA) is 136 Å². The van der Waals surface area contributed by atoms with Gasteiger partial charge in [0.15, 0.2) is 4.34 Å². The average Bonchev–Trinajstić information content (AvgIpc) is 3.21. The molecular formula is C19H16ClN5O5S2. The molecule has 0 aliphatic rings. The van der Waals surface area contributed by atoms with Crippen LogP contribution in [0.2, 0.25) is 5.02 Å². The molecule has 3 aromatic rings. The van der Waals surface area contributed by atoms with Crippen molar-refractivity contribution < 1.29 is 19.2 Å². The summed E-state index contributed by atoms with van der Waals surface area (Å²) in [5, 5.41) is 24.2. The fourth-order valence-electron chi connectivity index (χ4n) is 2.41. The Balaban J connectivity index is 1.53. The van der Waals surface area contributed by atoms with Gasteiger partial charge in [-0.1, -0.05) is 34.7 Å². The average molecular weight is 494 g/mol. The van der Waals surface area contributed by atoms with Gasteiger partial charge in [0.2, 0.25) is 11.0 Å². The van der Waals surface area contributed by atoms with E-state index in [1.165, 1.54) is 12.1 Å². The zero-order valence-corrected chi connectivity index (χ0v) is 18.9. The Morgan fingerprint density at radius 1 is 1.19 bits per heavy atom. The molecule has 32 heavy (non-hydrogen) atoms. The number of carbonyl (C=O) groups is 2. The number of ether oxygens (including phenoxy) is 1. The van der Waals surface area contributed by atoms with Crippen LogP contribution >= 0.6 is 34.7 Å². The van der Waals surface area contributed by atoms with Crippen molar-refractivity contribution >= 4 is 63.0 Å². The molecule has 0 saturated carbocycles. The van der Waals surface area contributed by atoms with Crippen LogP contribution in [0.4, 0.5) is 16.5 Å². The summed E-state index contributed by atoms with van der Waals surface area (Å²) in [4.78, 5) is 34.8. The summed E-state index contributed by atoms with van der Waals surface area (Å²) in [6.07, 6.45) is 0. The third kappa shape index (κ3) is 6.39. The van der Waals surface area contributed by atoms with Crippen molar-refractivity contribution in [2.45, 2.75) is 11.3 Å². The maximum Gasteiger partial charge on any atom is 0.270 e. The highest BCUT2D eigenvalue weighted by Gasteiger charge is 2.18. The van der Waals surface area contributed by atoms with Crippen LogP contribution in [-0.2, 0) is 4.79 Å². The number of nitrogens with one attached hydrogen (secondary N) is 2. The predicted molar refractivity (Wildman–Crippen MR) is 123 cm³/mol. The van der Waals surface area contributed by atoms with Crippen molar-refractivity contribution in [3.63, 3.8) is 0 Å². The predicted octanol–water partition coefficient (Wildman–Crippen LogP) is 4.48. The Kier molecular flexibility index (Phi) is 7.98. The number of nitro groups is 1. The van der Waals surface area contributed by atoms with Crippen LogP contribution in [-0.4, -0.2) is 39.3 Å². The number of hydrogen-bond donors (Lipinski definition) is 2. The second kappa shape index (κ2) is 10.9. The van der Waals surface area contributed by atoms with Crippen LogP contribution in [0.25, 0.3) is 0 Å². The summed E-state index contributed by atoms with van der Waals surface area (Å²) in [6, 6.07) is 10.6. The molecule has 10 nitrogen and oxygen atoms in total. The monoisotopic (exact) mass is 493 g/mol. The van der Waals surface area contributed by atoms with E-state index in [2.05, 4.69) is 20.8 Å². The number of thioether (sulfide) groups is 1. The van der Waals surface area contributed by atoms with Gasteiger partial charge in [0.1, 0.15) is 5.75 Å². The van der Waals surface area contributed by atoms with Crippen molar-refractivity contribution in [3.05, 3.63) is 63.2 Å². The van der Waals surface area contributed by atoms with Gasteiger partial charge >= 0.3 is 0 Å². The SMILES string of the molecule is CCOc1ccc(NC(=O)CSc2nnc(NC(=O)c3cc([N+](=O)[O-])ccc3Cl)s2)cc1. The molecule has 1 heterocycles. The minimum atomic E-state index is -0.653. The Labute approximate surface area is 195 Å². The van der Waals surface area contributed by atoms with Gasteiger partial charge < -0.3 is 10.1 Å². The highest BCUT2D eigenvalue weighted by Crippen LogP contribution is 2.28. The maximum atomic E-state index is 12.4. The number of nitrogens with zero attached hydrogens (tertiary/aromatic N) is 3. The summed E-state index contributed by atoms with van der Waals surface area (Å²) >= 11 is 8.19. The van der Waals surface area contributed by atoms with Crippen molar-refractivity contribution in [3.8, 4) is 5.75 Å². The number of anilines is 2. The molecule has 3 rings (SSSR count). The first-order valence-electron chi connectivity index (χ1n) is 9.10. The van der Waals surface area contributed by atoms with Crippen LogP contribution in [0.5, 0.6) is 5.75 Å². The quantitative estimate of drug-likeness (QED) is 0.192. The third-order valence-electron chi connectivity index (χ3n) is 3.81. The Morgan fingerprint density at radius 3 is 2.62 bits per heavy atom. The first-order chi connectivity index (χ1) is 15.4. The van der Waals surface area contributed by atoms with E-state index in [1.54, 1.807) is 24.3 Å². The van der Waals surface area contributed by atoms with E-state index >= 15 is 0 Å². The molecule has 0 atom stereocenters. The number of aromatic nitrogens is 2. The summed E-state index contributed by atoms with van der Waals surface area (Å²) in [5.74, 6) is -0.0790. The van der Waals surface area contributed by atoms with Gasteiger partial charge in [-0.15, -0.1) is 10.2 Å². The Morgan fingerprint density at radius 2 is 1.94 bits per heavy atom. The van der Waals surface area contributed by atoms with Gasteiger partial charge in [0.25, 0.3) is 11.6 Å². The van der Waals surface area contributed by atoms with E-state index in [9.17, 15) is 19.7 Å². The highest BCUT2D eigenvalue weighted by atomic mass is 35.5. The molecule has 0 bridgehead atoms. The zero-order chi connectivity index (χ0) is 23.1. The molecule has 0 unspecified atom stereocenters. The van der Waals surface area contributed by atoms with E-state index in [4.69, 9.17) is 16.3 Å². The number of halogens is 1. The largest absolute Gasteiger partial charge is 0.494 e. The molecule has 0 fully saturated rings. The van der Waals surface area contributed by atoms with Crippen molar-refractivity contribution in [2.24, 2.45) is 0 Å². The fourth-order valence-corrected chi connectivity index (χ4v) is 4.16. The number of carbonyl (C=O) groups excluding carboxylic acids is 2. The number of amides is 2. The Hall–Kier alpha value is -3.22. The van der Waals surface area contributed by atoms with Gasteiger partial charge in [0, 0.05) is 17.8 Å². The number of non-ortho nitro benzene ring substituents is 1. The molecule has 13 heteroatoms. The number of hydrogen-bond acceptors (Lipinski definition) is 9. The molecule has 1 aromatic heterocycles. The molecule has 0 radical (unpaired) electrons. The van der Waals surface area contributed by atoms with Gasteiger partial charge in [-0.05, 0) is 37.3 Å². The molecule has 0 spiro atoms. The van der Waals surface area contributed by atoms with Gasteiger partial charge in [0.05, 0.1) is 27.9 Å². The van der Waals surface area contributed by atoms with Gasteiger partial charge in [-0.25, -0.2) is 0 Å². The molecule has 2 aromatic carbocycles. The normalized spacial score (nSPS) is 10.4. The van der Waals surface area contributed by atoms with Gasteiger partial charge in [-0.3, -0.25) is 25.0 Å². The summed E-state index contributed by atoms with van der Waals surface area (Å²) in [5.41, 5.74) is 0.324. The van der Waals surface area contributed by atoms with E-state index in [0.29, 0.717) is 16.6 Å². The molecule has 166 valence electrons. The first-order valence-corrected chi connectivity index (χ1v) is 11.3. The van der Waals surface area contributed by atoms with E-state index < -0.39 is 10.8 Å². The Bertz CT molecular complexity index is 1140. The second-order valence-electron chi connectivity index (χ2n) is 6.04. The minimum absolute atomic E-state index is 0.0556. The molecule has 0 aliphatic carbocycles. The van der Waals surface area contributed by atoms with E-state index in [-0.39, 0.29) is 33.1 Å². The minimum Gasteiger partial charge on any atom is -0.494 e. The van der Waals surface area contributed by atoms with Crippen LogP contribution in [0.1, 0.15) is 17.3 Å². The zero-order valence-electron chi connectivity index (χ0n) is 16.5. The lowest BCUT2D eigenvalue weighted by molar-refractivity contribution is -0.384. The van der Waals surface area contributed by atoms with Crippen LogP contribution in [0, 0.1) is 10.1 Å². The van der Waals surface area contributed by atoms with Crippen molar-refractivity contribution in [1.82, 2.24) is 10.2 Å². The second-order valence-corrected chi connectivity index (χ2v) is 8.65. The molecular weight excluding hydrogens is 478 g/mol. The standard InChI is InChI=1S/C19H16ClN5O5S2/c1-2-30-13-6-3-11(4-7-13)21-16(26)10-31-19-24-23-18(32-19)22-17(27)14-9-12(25(28)29)5-8-15(14)20/h3-9H,2,10H2,1H3,(H,21,26)(H,22,23,27). The van der Waals surface area contributed by atoms with Gasteiger partial charge in [-0.2, -0.15) is 0 Å². The molecule has 2 N–H and O–H groups in total. The van der Waals surface area contributed by atoms with Crippen LogP contribution < -0.4 is 15.4 Å². The lowest BCUT2D eigenvalue weighted by Crippen LogP contribution is -2.13. The molecule has 2 amide bonds. The lowest BCUT2D eigenvalue weighted by atomic mass is 10.2. The van der Waals surface area contributed by atoms with Crippen molar-refractivity contribution in [2.75, 3.05) is 23.0 Å². The van der Waals surface area contributed by atoms with Crippen molar-refractivity contribution in [1.29, 1.82) is 0 Å². The van der Waals surface area contributed by atoms with E-state index in [0.717, 1.165) is 34.9 Å². The molecule has 0 aliphatic heterocycles. The summed E-state index contributed by atoms with van der Waals surface area (Å²) in [7, 11) is 0. The number of benzene rings is 2. The summed E-state index contributed by atoms with van der Waals surface area (Å²) < 4.78 is 5.82. The number of nitro benzene ring substituents is 1. The third-order valence-corrected chi connectivity index (χ3v) is 6.11. The first kappa shape index (κ1) is 23.4. The highest BCUT2D eigenvalue weighted by molar-refractivity contribution is 8.01. The maximum absolute atomic E-state index is 12.4. The number of rotatable bonds is 9. The summed E-state index contributed by atoms with van der Waals surface area (Å²) in [6.45, 7) is 2.45. The van der Waals surface area contributed by atoms with E-state index in [1.807, 2.05) is 6.92 Å².